The van der Waals surface area contributed by atoms with Crippen LogP contribution in [0.3, 0.4) is 0 Å². The topological polar surface area (TPSA) is 30.0 Å². The van der Waals surface area contributed by atoms with Crippen LogP contribution in [0.25, 0.3) is 0 Å². The first-order chi connectivity index (χ1) is 8.20. The molecule has 0 saturated heterocycles. The van der Waals surface area contributed by atoms with Gasteiger partial charge in [-0.25, -0.2) is 0 Å². The van der Waals surface area contributed by atoms with Crippen molar-refractivity contribution in [2.45, 2.75) is 0 Å². The predicted molar refractivity (Wildman–Crippen MR) is 73.8 cm³/mol. The molecule has 1 aliphatic rings. The van der Waals surface area contributed by atoms with Crippen molar-refractivity contribution in [3.8, 4) is 0 Å². The van der Waals surface area contributed by atoms with Crippen LogP contribution in [0.4, 0.5) is 0 Å². The van der Waals surface area contributed by atoms with Crippen molar-refractivity contribution >= 4 is 5.78 Å². The number of ketones is 1. The number of carbonyl (C=O) groups is 1. The molecule has 0 heterocycles. The number of likely N-dealkylation sites (N-methyl/N-ethyl adjacent to an activating group) is 4. The monoisotopic (exact) mass is 252 g/mol. The first-order valence-electron chi connectivity index (χ1n) is 5.93. The van der Waals surface area contributed by atoms with Crippen LogP contribution in [0.2, 0.25) is 0 Å². The molecule has 0 amide bonds. The van der Waals surface area contributed by atoms with Crippen LogP contribution in [0.1, 0.15) is 0 Å². The van der Waals surface area contributed by atoms with E-state index in [1.165, 1.54) is 0 Å². The van der Waals surface area contributed by atoms with Gasteiger partial charge in [-0.2, -0.15) is 0 Å². The molecule has 0 radical (unpaired) electrons. The maximum Gasteiger partial charge on any atom is 0.229 e. The highest BCUT2D eigenvalue weighted by molar-refractivity contribution is 6.12. The normalized spacial score (nSPS) is 15.4. The third-order valence-corrected chi connectivity index (χ3v) is 2.89. The van der Waals surface area contributed by atoms with E-state index in [0.717, 1.165) is 22.8 Å². The van der Waals surface area contributed by atoms with Crippen LogP contribution in [0, 0.1) is 0 Å². The van der Waals surface area contributed by atoms with Gasteiger partial charge in [0.1, 0.15) is 11.4 Å². The SMILES string of the molecule is CN(C)C1=C(N(C)C)C(N(C)C)=C(N(C)C)C1=O. The zero-order chi connectivity index (χ0) is 14.2. The van der Waals surface area contributed by atoms with Gasteiger partial charge in [-0.05, 0) is 0 Å². The Kier molecular flexibility index (Phi) is 3.94. The molecular formula is C13H24N4O. The number of hydrogen-bond donors (Lipinski definition) is 0. The van der Waals surface area contributed by atoms with Crippen molar-refractivity contribution < 1.29 is 4.79 Å². The molecule has 0 aliphatic heterocycles. The zero-order valence-electron chi connectivity index (χ0n) is 12.7. The Morgan fingerprint density at radius 2 is 0.722 bits per heavy atom. The van der Waals surface area contributed by atoms with Gasteiger partial charge in [0, 0.05) is 56.4 Å². The lowest BCUT2D eigenvalue weighted by Gasteiger charge is -2.26. The molecule has 5 heteroatoms. The first-order valence-corrected chi connectivity index (χ1v) is 5.93. The van der Waals surface area contributed by atoms with Crippen molar-refractivity contribution in [2.24, 2.45) is 0 Å². The number of hydrogen-bond acceptors (Lipinski definition) is 5. The third-order valence-electron chi connectivity index (χ3n) is 2.89. The fraction of sp³-hybridized carbons (Fsp3) is 0.615. The van der Waals surface area contributed by atoms with E-state index in [2.05, 4.69) is 0 Å². The van der Waals surface area contributed by atoms with Crippen LogP contribution in [-0.4, -0.2) is 81.8 Å². The number of Topliss-reactive ketones (excluding diaryl/α,β-unsaturated/α-hetero) is 1. The number of nitrogens with zero attached hydrogens (tertiary/aromatic N) is 4. The molecule has 102 valence electrons. The maximum absolute atomic E-state index is 12.6. The molecule has 0 aromatic rings. The largest absolute Gasteiger partial charge is 0.374 e. The summed E-state index contributed by atoms with van der Waals surface area (Å²) in [7, 11) is 15.5. The van der Waals surface area contributed by atoms with Gasteiger partial charge in [0.2, 0.25) is 5.78 Å². The molecule has 0 aromatic heterocycles. The summed E-state index contributed by atoms with van der Waals surface area (Å²) in [4.78, 5) is 20.3. The van der Waals surface area contributed by atoms with E-state index in [9.17, 15) is 4.79 Å². The second-order valence-electron chi connectivity index (χ2n) is 5.30. The molecule has 0 unspecified atom stereocenters. The predicted octanol–water partition coefficient (Wildman–Crippen LogP) is 0.239. The summed E-state index contributed by atoms with van der Waals surface area (Å²) in [5, 5.41) is 0. The van der Waals surface area contributed by atoms with Crippen molar-refractivity contribution in [1.82, 2.24) is 19.6 Å². The van der Waals surface area contributed by atoms with Gasteiger partial charge in [-0.1, -0.05) is 0 Å². The molecule has 0 bridgehead atoms. The van der Waals surface area contributed by atoms with Crippen LogP contribution in [0.15, 0.2) is 22.8 Å². The molecule has 0 fully saturated rings. The fourth-order valence-electron chi connectivity index (χ4n) is 2.23. The van der Waals surface area contributed by atoms with Gasteiger partial charge in [0.05, 0.1) is 11.4 Å². The van der Waals surface area contributed by atoms with E-state index in [4.69, 9.17) is 0 Å². The Bertz CT molecular complexity index is 379. The Labute approximate surface area is 110 Å². The highest BCUT2D eigenvalue weighted by atomic mass is 16.1. The summed E-state index contributed by atoms with van der Waals surface area (Å²) in [6.07, 6.45) is 0. The molecule has 1 aliphatic carbocycles. The summed E-state index contributed by atoms with van der Waals surface area (Å²) in [5.74, 6) is 0.0809. The zero-order valence-corrected chi connectivity index (χ0v) is 12.7. The molecule has 0 N–H and O–H groups in total. The van der Waals surface area contributed by atoms with Gasteiger partial charge < -0.3 is 19.6 Å². The fourth-order valence-corrected chi connectivity index (χ4v) is 2.23. The molecule has 5 nitrogen and oxygen atoms in total. The molecule has 0 atom stereocenters. The quantitative estimate of drug-likeness (QED) is 0.715. The standard InChI is InChI=1S/C13H24N4O/c1-14(2)9-10(15(3)4)12(17(7)8)13(18)11(9)16(5)6/h1-8H3. The Morgan fingerprint density at radius 3 is 0.889 bits per heavy atom. The second-order valence-corrected chi connectivity index (χ2v) is 5.30. The van der Waals surface area contributed by atoms with Gasteiger partial charge in [0.15, 0.2) is 0 Å². The second kappa shape index (κ2) is 4.92. The van der Waals surface area contributed by atoms with E-state index >= 15 is 0 Å². The van der Waals surface area contributed by atoms with Gasteiger partial charge in [-0.3, -0.25) is 4.79 Å². The van der Waals surface area contributed by atoms with Crippen molar-refractivity contribution in [3.63, 3.8) is 0 Å². The minimum absolute atomic E-state index is 0.0809. The minimum Gasteiger partial charge on any atom is -0.374 e. The van der Waals surface area contributed by atoms with Crippen LogP contribution in [0.5, 0.6) is 0 Å². The number of rotatable bonds is 4. The summed E-state index contributed by atoms with van der Waals surface area (Å²) < 4.78 is 0. The highest BCUT2D eigenvalue weighted by Gasteiger charge is 2.37. The van der Waals surface area contributed by atoms with Gasteiger partial charge in [-0.15, -0.1) is 0 Å². The Hall–Kier alpha value is -1.65. The molecule has 18 heavy (non-hydrogen) atoms. The molecule has 0 spiro atoms. The van der Waals surface area contributed by atoms with Crippen molar-refractivity contribution in [1.29, 1.82) is 0 Å². The number of carbonyl (C=O) groups excluding carboxylic acids is 1. The van der Waals surface area contributed by atoms with E-state index in [1.54, 1.807) is 0 Å². The molecular weight excluding hydrogens is 228 g/mol. The lowest BCUT2D eigenvalue weighted by Crippen LogP contribution is -2.25. The smallest absolute Gasteiger partial charge is 0.229 e. The van der Waals surface area contributed by atoms with E-state index in [1.807, 2.05) is 76.0 Å². The Balaban J connectivity index is 3.52. The van der Waals surface area contributed by atoms with Crippen molar-refractivity contribution in [3.05, 3.63) is 22.8 Å². The highest BCUT2D eigenvalue weighted by Crippen LogP contribution is 2.33. The van der Waals surface area contributed by atoms with E-state index < -0.39 is 0 Å². The summed E-state index contributed by atoms with van der Waals surface area (Å²) >= 11 is 0. The van der Waals surface area contributed by atoms with Crippen LogP contribution < -0.4 is 0 Å². The van der Waals surface area contributed by atoms with Crippen molar-refractivity contribution in [2.75, 3.05) is 56.4 Å². The Morgan fingerprint density at radius 1 is 0.500 bits per heavy atom. The minimum atomic E-state index is 0.0809. The molecule has 1 rings (SSSR count). The average molecular weight is 252 g/mol. The molecule has 0 saturated carbocycles. The lowest BCUT2D eigenvalue weighted by molar-refractivity contribution is -0.114. The summed E-state index contributed by atoms with van der Waals surface area (Å²) in [6.45, 7) is 0. The summed E-state index contributed by atoms with van der Waals surface area (Å²) in [5.41, 5.74) is 3.43. The van der Waals surface area contributed by atoms with Crippen LogP contribution >= 0.6 is 0 Å². The van der Waals surface area contributed by atoms with Gasteiger partial charge in [0.25, 0.3) is 0 Å². The third kappa shape index (κ3) is 2.17. The lowest BCUT2D eigenvalue weighted by atomic mass is 10.2. The van der Waals surface area contributed by atoms with E-state index in [-0.39, 0.29) is 5.78 Å². The summed E-state index contributed by atoms with van der Waals surface area (Å²) in [6, 6.07) is 0. The van der Waals surface area contributed by atoms with Crippen LogP contribution in [-0.2, 0) is 4.79 Å². The maximum atomic E-state index is 12.6. The average Bonchev–Trinajstić information content (AvgIpc) is 2.51. The van der Waals surface area contributed by atoms with Gasteiger partial charge >= 0.3 is 0 Å². The van der Waals surface area contributed by atoms with E-state index in [0.29, 0.717) is 0 Å². The molecule has 0 aromatic carbocycles. The first kappa shape index (κ1) is 14.4.